The molecule has 0 amide bonds. The molecule has 0 saturated carbocycles. The Kier molecular flexibility index (Phi) is 3.65. The smallest absolute Gasteiger partial charge is 0.362 e. The Morgan fingerprint density at radius 1 is 1.20 bits per heavy atom. The Morgan fingerprint density at radius 3 is 2.35 bits per heavy atom. The number of aryl methyl sites for hydroxylation is 2. The Bertz CT molecular complexity index is 572. The minimum absolute atomic E-state index is 0.202. The Balaban J connectivity index is 2.15. The van der Waals surface area contributed by atoms with E-state index in [2.05, 4.69) is 20.7 Å². The van der Waals surface area contributed by atoms with Gasteiger partial charge >= 0.3 is 6.18 Å². The molecule has 0 bridgehead atoms. The molecule has 2 aromatic rings. The Morgan fingerprint density at radius 2 is 1.90 bits per heavy atom. The van der Waals surface area contributed by atoms with Crippen LogP contribution < -0.4 is 5.32 Å². The molecule has 5 nitrogen and oxygen atoms in total. The van der Waals surface area contributed by atoms with Gasteiger partial charge in [0.1, 0.15) is 11.6 Å². The number of aromatic nitrogens is 3. The van der Waals surface area contributed by atoms with E-state index in [1.807, 2.05) is 6.92 Å². The van der Waals surface area contributed by atoms with E-state index in [9.17, 15) is 13.2 Å². The third kappa shape index (κ3) is 2.89. The molecule has 0 aromatic carbocycles. The highest BCUT2D eigenvalue weighted by atomic mass is 19.4. The SMILES string of the molecule is Cc1noc(C)c1C(C)Nc1ccc(C(F)(F)F)nn1. The predicted molar refractivity (Wildman–Crippen MR) is 65.0 cm³/mol. The van der Waals surface area contributed by atoms with Gasteiger partial charge in [0.15, 0.2) is 5.69 Å². The van der Waals surface area contributed by atoms with Crippen molar-refractivity contribution in [2.45, 2.75) is 33.0 Å². The highest BCUT2D eigenvalue weighted by Gasteiger charge is 2.32. The highest BCUT2D eigenvalue weighted by molar-refractivity contribution is 5.39. The molecule has 20 heavy (non-hydrogen) atoms. The summed E-state index contributed by atoms with van der Waals surface area (Å²) >= 11 is 0. The number of hydrogen-bond donors (Lipinski definition) is 1. The fraction of sp³-hybridized carbons (Fsp3) is 0.417. The van der Waals surface area contributed by atoms with Crippen molar-refractivity contribution >= 4 is 5.82 Å². The second-order valence-electron chi connectivity index (χ2n) is 4.41. The Hall–Kier alpha value is -2.12. The van der Waals surface area contributed by atoms with Crippen molar-refractivity contribution in [3.05, 3.63) is 34.8 Å². The molecule has 1 unspecified atom stereocenters. The molecule has 0 saturated heterocycles. The molecule has 1 N–H and O–H groups in total. The largest absolute Gasteiger partial charge is 0.435 e. The van der Waals surface area contributed by atoms with Crippen LogP contribution in [0.3, 0.4) is 0 Å². The first kappa shape index (κ1) is 14.3. The highest BCUT2D eigenvalue weighted by Crippen LogP contribution is 2.28. The van der Waals surface area contributed by atoms with Crippen LogP contribution in [0.15, 0.2) is 16.7 Å². The van der Waals surface area contributed by atoms with Gasteiger partial charge in [0.25, 0.3) is 0 Å². The van der Waals surface area contributed by atoms with Crippen LogP contribution >= 0.6 is 0 Å². The maximum absolute atomic E-state index is 12.4. The lowest BCUT2D eigenvalue weighted by Gasteiger charge is -2.14. The van der Waals surface area contributed by atoms with Crippen LogP contribution in [0.1, 0.15) is 35.7 Å². The van der Waals surface area contributed by atoms with Crippen molar-refractivity contribution < 1.29 is 17.7 Å². The lowest BCUT2D eigenvalue weighted by atomic mass is 10.1. The number of hydrogen-bond acceptors (Lipinski definition) is 5. The molecule has 2 aromatic heterocycles. The minimum Gasteiger partial charge on any atom is -0.362 e. The summed E-state index contributed by atoms with van der Waals surface area (Å²) in [5, 5.41) is 13.5. The first-order valence-corrected chi connectivity index (χ1v) is 5.89. The third-order valence-corrected chi connectivity index (χ3v) is 2.84. The number of nitrogens with one attached hydrogen (secondary N) is 1. The minimum atomic E-state index is -4.49. The van der Waals surface area contributed by atoms with E-state index in [4.69, 9.17) is 4.52 Å². The van der Waals surface area contributed by atoms with Crippen molar-refractivity contribution in [2.24, 2.45) is 0 Å². The quantitative estimate of drug-likeness (QED) is 0.938. The molecule has 108 valence electrons. The summed E-state index contributed by atoms with van der Waals surface area (Å²) in [4.78, 5) is 0. The summed E-state index contributed by atoms with van der Waals surface area (Å²) in [6, 6.07) is 1.92. The van der Waals surface area contributed by atoms with Crippen LogP contribution in [0.25, 0.3) is 0 Å². The van der Waals surface area contributed by atoms with E-state index >= 15 is 0 Å². The van der Waals surface area contributed by atoms with E-state index in [0.29, 0.717) is 5.76 Å². The van der Waals surface area contributed by atoms with Gasteiger partial charge in [-0.3, -0.25) is 0 Å². The van der Waals surface area contributed by atoms with Crippen LogP contribution in [0, 0.1) is 13.8 Å². The van der Waals surface area contributed by atoms with E-state index in [-0.39, 0.29) is 11.9 Å². The third-order valence-electron chi connectivity index (χ3n) is 2.84. The molecule has 2 rings (SSSR count). The molecule has 0 aliphatic carbocycles. The van der Waals surface area contributed by atoms with Crippen LogP contribution in [-0.4, -0.2) is 15.4 Å². The molecule has 0 spiro atoms. The number of rotatable bonds is 3. The van der Waals surface area contributed by atoms with Gasteiger partial charge in [-0.05, 0) is 32.9 Å². The number of anilines is 1. The molecular formula is C12H13F3N4O. The summed E-state index contributed by atoms with van der Waals surface area (Å²) < 4.78 is 42.1. The van der Waals surface area contributed by atoms with Crippen LogP contribution in [0.4, 0.5) is 19.0 Å². The standard InChI is InChI=1S/C12H13F3N4O/c1-6(11-7(2)19-20-8(11)3)16-10-5-4-9(17-18-10)12(13,14)15/h4-6H,1-3H3,(H,16,18). The van der Waals surface area contributed by atoms with Crippen molar-refractivity contribution in [1.29, 1.82) is 0 Å². The lowest BCUT2D eigenvalue weighted by Crippen LogP contribution is -2.13. The van der Waals surface area contributed by atoms with E-state index in [1.165, 1.54) is 6.07 Å². The summed E-state index contributed by atoms with van der Waals surface area (Å²) in [6.45, 7) is 5.40. The molecule has 2 heterocycles. The zero-order chi connectivity index (χ0) is 14.9. The molecule has 8 heteroatoms. The van der Waals surface area contributed by atoms with Crippen molar-refractivity contribution in [3.8, 4) is 0 Å². The lowest BCUT2D eigenvalue weighted by molar-refractivity contribution is -0.141. The van der Waals surface area contributed by atoms with Gasteiger partial charge in [0.2, 0.25) is 0 Å². The first-order chi connectivity index (χ1) is 9.29. The first-order valence-electron chi connectivity index (χ1n) is 5.89. The number of alkyl halides is 3. The van der Waals surface area contributed by atoms with Gasteiger partial charge in [0.05, 0.1) is 11.7 Å². The molecule has 0 radical (unpaired) electrons. The molecule has 0 aliphatic heterocycles. The van der Waals surface area contributed by atoms with Crippen LogP contribution in [-0.2, 0) is 6.18 Å². The van der Waals surface area contributed by atoms with Crippen LogP contribution in [0.5, 0.6) is 0 Å². The summed E-state index contributed by atoms with van der Waals surface area (Å²) in [5.41, 5.74) is 0.558. The normalized spacial score (nSPS) is 13.3. The molecule has 0 fully saturated rings. The number of nitrogens with zero attached hydrogens (tertiary/aromatic N) is 3. The number of halogens is 3. The van der Waals surface area contributed by atoms with E-state index in [1.54, 1.807) is 13.8 Å². The van der Waals surface area contributed by atoms with E-state index < -0.39 is 11.9 Å². The van der Waals surface area contributed by atoms with Crippen molar-refractivity contribution in [3.63, 3.8) is 0 Å². The average Bonchev–Trinajstić information content (AvgIpc) is 2.68. The van der Waals surface area contributed by atoms with Gasteiger partial charge in [-0.25, -0.2) is 0 Å². The molecule has 0 aliphatic rings. The fourth-order valence-corrected chi connectivity index (χ4v) is 1.96. The zero-order valence-corrected chi connectivity index (χ0v) is 11.1. The van der Waals surface area contributed by atoms with Gasteiger partial charge in [0, 0.05) is 5.56 Å². The summed E-state index contributed by atoms with van der Waals surface area (Å²) in [7, 11) is 0. The fourth-order valence-electron chi connectivity index (χ4n) is 1.96. The van der Waals surface area contributed by atoms with Gasteiger partial charge in [-0.2, -0.15) is 13.2 Å². The molecule has 1 atom stereocenters. The molecular weight excluding hydrogens is 273 g/mol. The predicted octanol–water partition coefficient (Wildman–Crippen LogP) is 3.27. The summed E-state index contributed by atoms with van der Waals surface area (Å²) in [6.07, 6.45) is -4.49. The maximum Gasteiger partial charge on any atom is 0.435 e. The van der Waals surface area contributed by atoms with Gasteiger partial charge < -0.3 is 9.84 Å². The second kappa shape index (κ2) is 5.10. The van der Waals surface area contributed by atoms with E-state index in [0.717, 1.165) is 17.3 Å². The van der Waals surface area contributed by atoms with Crippen molar-refractivity contribution in [1.82, 2.24) is 15.4 Å². The van der Waals surface area contributed by atoms with Crippen LogP contribution in [0.2, 0.25) is 0 Å². The van der Waals surface area contributed by atoms with Gasteiger partial charge in [-0.1, -0.05) is 5.16 Å². The average molecular weight is 286 g/mol. The second-order valence-corrected chi connectivity index (χ2v) is 4.41. The topological polar surface area (TPSA) is 63.8 Å². The van der Waals surface area contributed by atoms with Crippen molar-refractivity contribution in [2.75, 3.05) is 5.32 Å². The maximum atomic E-state index is 12.4. The zero-order valence-electron chi connectivity index (χ0n) is 11.1. The monoisotopic (exact) mass is 286 g/mol. The summed E-state index contributed by atoms with van der Waals surface area (Å²) in [5.74, 6) is 0.910. The van der Waals surface area contributed by atoms with Gasteiger partial charge in [-0.15, -0.1) is 10.2 Å². The Labute approximate surface area is 113 Å².